The van der Waals surface area contributed by atoms with Crippen molar-refractivity contribution in [3.8, 4) is 11.5 Å². The fourth-order valence-corrected chi connectivity index (χ4v) is 3.25. The zero-order chi connectivity index (χ0) is 13.3. The SMILES string of the molecule is COc1cc(Br)c(F)c(C2(CN)CCCC2)c1O. The lowest BCUT2D eigenvalue weighted by molar-refractivity contribution is 0.344. The van der Waals surface area contributed by atoms with E-state index in [1.54, 1.807) is 0 Å². The van der Waals surface area contributed by atoms with Crippen molar-refractivity contribution in [3.63, 3.8) is 0 Å². The Labute approximate surface area is 114 Å². The molecule has 0 aliphatic heterocycles. The molecule has 0 aromatic heterocycles. The van der Waals surface area contributed by atoms with Gasteiger partial charge in [0.2, 0.25) is 0 Å². The molecule has 0 spiro atoms. The Hall–Kier alpha value is -0.810. The number of methoxy groups -OCH3 is 1. The summed E-state index contributed by atoms with van der Waals surface area (Å²) in [7, 11) is 1.45. The van der Waals surface area contributed by atoms with Crippen LogP contribution in [0.15, 0.2) is 10.5 Å². The molecule has 0 atom stereocenters. The second-order valence-corrected chi connectivity index (χ2v) is 5.64. The van der Waals surface area contributed by atoms with E-state index in [-0.39, 0.29) is 11.5 Å². The molecule has 0 bridgehead atoms. The number of ether oxygens (including phenoxy) is 1. The van der Waals surface area contributed by atoms with Gasteiger partial charge in [0.05, 0.1) is 11.6 Å². The summed E-state index contributed by atoms with van der Waals surface area (Å²) in [6.45, 7) is 0.330. The normalized spacial score (nSPS) is 18.0. The quantitative estimate of drug-likeness (QED) is 0.900. The summed E-state index contributed by atoms with van der Waals surface area (Å²) in [5, 5.41) is 10.2. The molecule has 1 aliphatic rings. The zero-order valence-corrected chi connectivity index (χ0v) is 11.9. The molecule has 3 N–H and O–H groups in total. The minimum Gasteiger partial charge on any atom is -0.504 e. The lowest BCUT2D eigenvalue weighted by atomic mass is 9.78. The largest absolute Gasteiger partial charge is 0.504 e. The lowest BCUT2D eigenvalue weighted by Gasteiger charge is -2.29. The Bertz CT molecular complexity index is 459. The standard InChI is InChI=1S/C13H17BrFNO2/c1-18-9-6-8(14)11(15)10(12(9)17)13(7-16)4-2-3-5-13/h6,17H,2-5,7,16H2,1H3. The molecule has 1 aromatic carbocycles. The van der Waals surface area contributed by atoms with Gasteiger partial charge in [-0.15, -0.1) is 0 Å². The van der Waals surface area contributed by atoms with Crippen molar-refractivity contribution in [1.82, 2.24) is 0 Å². The molecule has 100 valence electrons. The molecule has 5 heteroatoms. The number of halogens is 2. The maximum Gasteiger partial charge on any atom is 0.164 e. The third-order valence-corrected chi connectivity index (χ3v) is 4.44. The fourth-order valence-electron chi connectivity index (χ4n) is 2.84. The molecule has 0 radical (unpaired) electrons. The van der Waals surface area contributed by atoms with Gasteiger partial charge in [-0.3, -0.25) is 0 Å². The number of phenolic OH excluding ortho intramolecular Hbond substituents is 1. The van der Waals surface area contributed by atoms with Crippen molar-refractivity contribution < 1.29 is 14.2 Å². The van der Waals surface area contributed by atoms with E-state index in [2.05, 4.69) is 15.9 Å². The predicted molar refractivity (Wildman–Crippen MR) is 71.5 cm³/mol. The van der Waals surface area contributed by atoms with E-state index in [4.69, 9.17) is 10.5 Å². The van der Waals surface area contributed by atoms with Gasteiger partial charge in [-0.1, -0.05) is 12.8 Å². The first-order valence-corrected chi connectivity index (χ1v) is 6.80. The Morgan fingerprint density at radius 3 is 2.61 bits per heavy atom. The molecule has 0 amide bonds. The van der Waals surface area contributed by atoms with Gasteiger partial charge in [0, 0.05) is 23.6 Å². The maximum atomic E-state index is 14.3. The van der Waals surface area contributed by atoms with Crippen molar-refractivity contribution in [3.05, 3.63) is 21.9 Å². The number of aromatic hydroxyl groups is 1. The summed E-state index contributed by atoms with van der Waals surface area (Å²) in [5.74, 6) is -0.274. The van der Waals surface area contributed by atoms with Gasteiger partial charge in [0.15, 0.2) is 11.5 Å². The zero-order valence-electron chi connectivity index (χ0n) is 10.3. The summed E-state index contributed by atoms with van der Waals surface area (Å²) in [4.78, 5) is 0. The van der Waals surface area contributed by atoms with Crippen molar-refractivity contribution in [2.24, 2.45) is 5.73 Å². The van der Waals surface area contributed by atoms with Gasteiger partial charge in [-0.25, -0.2) is 4.39 Å². The minimum atomic E-state index is -0.467. The average molecular weight is 318 g/mol. The monoisotopic (exact) mass is 317 g/mol. The minimum absolute atomic E-state index is 0.120. The van der Waals surface area contributed by atoms with Crippen molar-refractivity contribution >= 4 is 15.9 Å². The van der Waals surface area contributed by atoms with Crippen molar-refractivity contribution in [2.45, 2.75) is 31.1 Å². The van der Waals surface area contributed by atoms with Crippen LogP contribution in [0.3, 0.4) is 0 Å². The molecule has 1 aliphatic carbocycles. The molecule has 1 saturated carbocycles. The maximum absolute atomic E-state index is 14.3. The van der Waals surface area contributed by atoms with E-state index < -0.39 is 11.2 Å². The van der Waals surface area contributed by atoms with E-state index >= 15 is 0 Å². The number of benzene rings is 1. The molecule has 1 fully saturated rings. The van der Waals surface area contributed by atoms with Crippen LogP contribution in [-0.4, -0.2) is 18.8 Å². The van der Waals surface area contributed by atoms with Gasteiger partial charge in [0.1, 0.15) is 5.82 Å². The Morgan fingerprint density at radius 1 is 1.50 bits per heavy atom. The summed E-state index contributed by atoms with van der Waals surface area (Å²) in [6, 6.07) is 1.44. The summed E-state index contributed by atoms with van der Waals surface area (Å²) in [5.41, 5.74) is 5.68. The summed E-state index contributed by atoms with van der Waals surface area (Å²) >= 11 is 3.17. The molecule has 3 nitrogen and oxygen atoms in total. The smallest absolute Gasteiger partial charge is 0.164 e. The van der Waals surface area contributed by atoms with Crippen LogP contribution in [0.25, 0.3) is 0 Å². The highest BCUT2D eigenvalue weighted by Crippen LogP contribution is 2.49. The van der Waals surface area contributed by atoms with E-state index in [1.165, 1.54) is 13.2 Å². The molecule has 0 saturated heterocycles. The first-order valence-electron chi connectivity index (χ1n) is 6.01. The Kier molecular flexibility index (Phi) is 3.82. The van der Waals surface area contributed by atoms with Crippen LogP contribution >= 0.6 is 15.9 Å². The molecule has 18 heavy (non-hydrogen) atoms. The Morgan fingerprint density at radius 2 is 2.11 bits per heavy atom. The first-order chi connectivity index (χ1) is 8.55. The second kappa shape index (κ2) is 5.05. The number of nitrogens with two attached hydrogens (primary N) is 1. The van der Waals surface area contributed by atoms with Crippen LogP contribution in [0.4, 0.5) is 4.39 Å². The van der Waals surface area contributed by atoms with E-state index in [0.717, 1.165) is 25.7 Å². The van der Waals surface area contributed by atoms with Crippen LogP contribution in [0.1, 0.15) is 31.2 Å². The number of hydrogen-bond donors (Lipinski definition) is 2. The van der Waals surface area contributed by atoms with Crippen LogP contribution in [0.5, 0.6) is 11.5 Å². The van der Waals surface area contributed by atoms with Gasteiger partial charge >= 0.3 is 0 Å². The third kappa shape index (κ3) is 1.99. The summed E-state index contributed by atoms with van der Waals surface area (Å²) < 4.78 is 19.7. The van der Waals surface area contributed by atoms with E-state index in [9.17, 15) is 9.50 Å². The van der Waals surface area contributed by atoms with Crippen LogP contribution < -0.4 is 10.5 Å². The first kappa shape index (κ1) is 13.6. The van der Waals surface area contributed by atoms with E-state index in [0.29, 0.717) is 16.6 Å². The number of hydrogen-bond acceptors (Lipinski definition) is 3. The number of phenols is 1. The Balaban J connectivity index is 2.65. The topological polar surface area (TPSA) is 55.5 Å². The molecule has 2 rings (SSSR count). The molecule has 0 unspecified atom stereocenters. The van der Waals surface area contributed by atoms with Gasteiger partial charge in [-0.05, 0) is 28.8 Å². The van der Waals surface area contributed by atoms with E-state index in [1.807, 2.05) is 0 Å². The predicted octanol–water partition coefficient (Wildman–Crippen LogP) is 3.07. The third-order valence-electron chi connectivity index (χ3n) is 3.86. The molecular formula is C13H17BrFNO2. The lowest BCUT2D eigenvalue weighted by Crippen LogP contribution is -2.33. The fraction of sp³-hybridized carbons (Fsp3) is 0.538. The van der Waals surface area contributed by atoms with Gasteiger partial charge in [-0.2, -0.15) is 0 Å². The second-order valence-electron chi connectivity index (χ2n) is 4.79. The molecular weight excluding hydrogens is 301 g/mol. The van der Waals surface area contributed by atoms with Crippen LogP contribution in [0, 0.1) is 5.82 Å². The average Bonchev–Trinajstić information content (AvgIpc) is 2.84. The number of rotatable bonds is 3. The summed E-state index contributed by atoms with van der Waals surface area (Å²) in [6.07, 6.45) is 3.61. The molecule has 0 heterocycles. The highest BCUT2D eigenvalue weighted by atomic mass is 79.9. The highest BCUT2D eigenvalue weighted by Gasteiger charge is 2.40. The highest BCUT2D eigenvalue weighted by molar-refractivity contribution is 9.10. The van der Waals surface area contributed by atoms with Crippen LogP contribution in [-0.2, 0) is 5.41 Å². The molecule has 1 aromatic rings. The van der Waals surface area contributed by atoms with Crippen molar-refractivity contribution in [2.75, 3.05) is 13.7 Å². The van der Waals surface area contributed by atoms with Crippen molar-refractivity contribution in [1.29, 1.82) is 0 Å². The van der Waals surface area contributed by atoms with Crippen LogP contribution in [0.2, 0.25) is 0 Å². The van der Waals surface area contributed by atoms with Gasteiger partial charge in [0.25, 0.3) is 0 Å². The van der Waals surface area contributed by atoms with Gasteiger partial charge < -0.3 is 15.6 Å².